The summed E-state index contributed by atoms with van der Waals surface area (Å²) in [4.78, 5) is 13.2. The van der Waals surface area contributed by atoms with Crippen LogP contribution in [-0.2, 0) is 14.6 Å². The van der Waals surface area contributed by atoms with Crippen molar-refractivity contribution in [3.8, 4) is 17.7 Å². The molecule has 0 bridgehead atoms. The average Bonchev–Trinajstić information content (AvgIpc) is 3.40. The SMILES string of the molecule is CC(C)=CCC/C(C)=C/CC/C(C)=C/CSc1ccccc1C(=O)OCC#CCOc1no[n+]([O-])c1S(=O)(=O)c1ccccc1. The Hall–Kier alpha value is -4.27. The first-order valence-electron chi connectivity index (χ1n) is 14.4. The highest BCUT2D eigenvalue weighted by atomic mass is 32.2. The molecule has 0 fully saturated rings. The fourth-order valence-electron chi connectivity index (χ4n) is 4.00. The minimum Gasteiger partial charge on any atom is -0.449 e. The van der Waals surface area contributed by atoms with E-state index in [4.69, 9.17) is 9.47 Å². The zero-order valence-corrected chi connectivity index (χ0v) is 27.6. The van der Waals surface area contributed by atoms with E-state index >= 15 is 0 Å². The first-order chi connectivity index (χ1) is 21.6. The number of esters is 1. The smallest absolute Gasteiger partial charge is 0.415 e. The van der Waals surface area contributed by atoms with Crippen molar-refractivity contribution in [1.82, 2.24) is 5.16 Å². The van der Waals surface area contributed by atoms with Gasteiger partial charge in [0.1, 0.15) is 0 Å². The largest absolute Gasteiger partial charge is 0.449 e. The highest BCUT2D eigenvalue weighted by Gasteiger charge is 2.35. The number of rotatable bonds is 15. The molecule has 11 heteroatoms. The lowest BCUT2D eigenvalue weighted by Gasteiger charge is -2.07. The van der Waals surface area contributed by atoms with Crippen LogP contribution >= 0.6 is 11.8 Å². The first kappa shape index (κ1) is 35.2. The highest BCUT2D eigenvalue weighted by Crippen LogP contribution is 2.26. The van der Waals surface area contributed by atoms with Crippen LogP contribution in [0.5, 0.6) is 5.88 Å². The molecular formula is C34H38N2O7S2. The molecule has 0 spiro atoms. The summed E-state index contributed by atoms with van der Waals surface area (Å²) in [7, 11) is -4.23. The summed E-state index contributed by atoms with van der Waals surface area (Å²) in [5.74, 6) is 4.95. The van der Waals surface area contributed by atoms with Crippen LogP contribution in [0, 0.1) is 17.0 Å². The van der Waals surface area contributed by atoms with Crippen LogP contribution in [0.2, 0.25) is 0 Å². The molecule has 0 radical (unpaired) electrons. The normalized spacial score (nSPS) is 11.8. The standard InChI is InChI=1S/C34H38N2O7S2/c1-26(2)14-12-15-27(3)16-13-17-28(4)22-25-44-31-21-9-8-20-30(31)34(37)42-24-11-10-23-41-32-33(36(38)43-35-32)45(39,40)29-18-6-5-7-19-29/h5-9,14,16,18-22H,12-13,15,17,23-25H2,1-4H3/b27-16+,28-22+. The van der Waals surface area contributed by atoms with Crippen LogP contribution in [-0.4, -0.2) is 38.5 Å². The molecule has 0 saturated heterocycles. The van der Waals surface area contributed by atoms with E-state index in [-0.39, 0.29) is 23.0 Å². The maximum Gasteiger partial charge on any atom is 0.415 e. The number of ether oxygens (including phenoxy) is 2. The van der Waals surface area contributed by atoms with Crippen molar-refractivity contribution in [2.75, 3.05) is 19.0 Å². The third kappa shape index (κ3) is 11.3. The highest BCUT2D eigenvalue weighted by molar-refractivity contribution is 7.99. The van der Waals surface area contributed by atoms with E-state index in [9.17, 15) is 18.4 Å². The number of thioether (sulfide) groups is 1. The maximum absolute atomic E-state index is 12.8. The zero-order valence-electron chi connectivity index (χ0n) is 25.9. The van der Waals surface area contributed by atoms with Gasteiger partial charge in [-0.25, -0.2) is 13.2 Å². The number of allylic oxidation sites excluding steroid dienone is 5. The van der Waals surface area contributed by atoms with Gasteiger partial charge in [0.2, 0.25) is 0 Å². The molecule has 0 unspecified atom stereocenters. The van der Waals surface area contributed by atoms with Gasteiger partial charge < -0.3 is 14.7 Å². The fraction of sp³-hybridized carbons (Fsp3) is 0.324. The van der Waals surface area contributed by atoms with Crippen molar-refractivity contribution in [3.63, 3.8) is 0 Å². The van der Waals surface area contributed by atoms with E-state index < -0.39 is 26.7 Å². The van der Waals surface area contributed by atoms with Gasteiger partial charge in [0.15, 0.2) is 13.2 Å². The van der Waals surface area contributed by atoms with E-state index in [1.165, 1.54) is 41.0 Å². The quantitative estimate of drug-likeness (QED) is 0.0569. The van der Waals surface area contributed by atoms with Gasteiger partial charge in [0, 0.05) is 10.6 Å². The van der Waals surface area contributed by atoms with Crippen LogP contribution in [0.1, 0.15) is 63.7 Å². The van der Waals surface area contributed by atoms with Gasteiger partial charge in [0.05, 0.1) is 15.6 Å². The molecule has 2 aromatic carbocycles. The lowest BCUT2D eigenvalue weighted by atomic mass is 10.1. The molecule has 0 aliphatic heterocycles. The van der Waals surface area contributed by atoms with Gasteiger partial charge in [-0.15, -0.1) is 11.8 Å². The Morgan fingerprint density at radius 2 is 1.58 bits per heavy atom. The molecule has 0 atom stereocenters. The van der Waals surface area contributed by atoms with Crippen LogP contribution < -0.4 is 9.64 Å². The number of sulfone groups is 1. The van der Waals surface area contributed by atoms with Gasteiger partial charge in [0.25, 0.3) is 9.84 Å². The summed E-state index contributed by atoms with van der Waals surface area (Å²) in [6, 6.07) is 14.6. The lowest BCUT2D eigenvalue weighted by molar-refractivity contribution is -0.832. The first-order valence-corrected chi connectivity index (χ1v) is 16.9. The Morgan fingerprint density at radius 3 is 2.31 bits per heavy atom. The van der Waals surface area contributed by atoms with Crippen LogP contribution in [0.4, 0.5) is 0 Å². The number of benzene rings is 2. The monoisotopic (exact) mass is 650 g/mol. The van der Waals surface area contributed by atoms with E-state index in [0.29, 0.717) is 5.56 Å². The summed E-state index contributed by atoms with van der Waals surface area (Å²) in [6.45, 7) is 8.03. The van der Waals surface area contributed by atoms with Crippen molar-refractivity contribution in [3.05, 3.63) is 100 Å². The second-order valence-electron chi connectivity index (χ2n) is 10.3. The van der Waals surface area contributed by atoms with Crippen molar-refractivity contribution in [2.24, 2.45) is 0 Å². The van der Waals surface area contributed by atoms with Gasteiger partial charge in [-0.1, -0.05) is 77.1 Å². The molecule has 0 N–H and O–H groups in total. The predicted octanol–water partition coefficient (Wildman–Crippen LogP) is 6.89. The molecule has 0 amide bonds. The van der Waals surface area contributed by atoms with E-state index in [1.54, 1.807) is 30.0 Å². The summed E-state index contributed by atoms with van der Waals surface area (Å²) < 4.78 is 40.6. The van der Waals surface area contributed by atoms with Gasteiger partial charge in [-0.3, -0.25) is 4.63 Å². The number of carbonyl (C=O) groups is 1. The average molecular weight is 651 g/mol. The third-order valence-corrected chi connectivity index (χ3v) is 9.16. The molecule has 0 aliphatic carbocycles. The van der Waals surface area contributed by atoms with Gasteiger partial charge >= 0.3 is 16.9 Å². The molecule has 0 aliphatic rings. The number of carbonyl (C=O) groups excluding carboxylic acids is 1. The number of nitrogens with zero attached hydrogens (tertiary/aromatic N) is 2. The summed E-state index contributed by atoms with van der Waals surface area (Å²) in [5.41, 5.74) is 4.51. The molecule has 238 valence electrons. The van der Waals surface area contributed by atoms with Gasteiger partial charge in [-0.2, -0.15) is 0 Å². The summed E-state index contributed by atoms with van der Waals surface area (Å²) >= 11 is 1.56. The molecule has 1 aromatic heterocycles. The van der Waals surface area contributed by atoms with Crippen LogP contribution in [0.15, 0.2) is 109 Å². The molecule has 45 heavy (non-hydrogen) atoms. The minimum absolute atomic E-state index is 0.116. The second kappa shape index (κ2) is 17.9. The Balaban J connectivity index is 1.47. The Labute approximate surface area is 269 Å². The van der Waals surface area contributed by atoms with E-state index in [0.717, 1.165) is 36.3 Å². The van der Waals surface area contributed by atoms with Crippen molar-refractivity contribution in [1.29, 1.82) is 0 Å². The van der Waals surface area contributed by atoms with Crippen LogP contribution in [0.3, 0.4) is 0 Å². The summed E-state index contributed by atoms with van der Waals surface area (Å²) in [6.07, 6.45) is 10.9. The van der Waals surface area contributed by atoms with Crippen LogP contribution in [0.25, 0.3) is 0 Å². The lowest BCUT2D eigenvalue weighted by Crippen LogP contribution is -2.30. The molecular weight excluding hydrogens is 613 g/mol. The van der Waals surface area contributed by atoms with E-state index in [2.05, 4.69) is 67.5 Å². The fourth-order valence-corrected chi connectivity index (χ4v) is 6.32. The van der Waals surface area contributed by atoms with E-state index in [1.807, 2.05) is 12.1 Å². The Morgan fingerprint density at radius 1 is 0.933 bits per heavy atom. The predicted molar refractivity (Wildman–Crippen MR) is 173 cm³/mol. The topological polar surface area (TPSA) is 123 Å². The molecule has 9 nitrogen and oxygen atoms in total. The molecule has 3 aromatic rings. The number of hydrogen-bond donors (Lipinski definition) is 0. The Kier molecular flexibility index (Phi) is 14.0. The van der Waals surface area contributed by atoms with Crippen molar-refractivity contribution in [2.45, 2.75) is 68.2 Å². The summed E-state index contributed by atoms with van der Waals surface area (Å²) in [5, 5.41) is 14.6. The molecule has 3 rings (SSSR count). The molecule has 1 heterocycles. The number of hydrogen-bond acceptors (Lipinski definition) is 9. The molecule has 0 saturated carbocycles. The third-order valence-electron chi connectivity index (χ3n) is 6.44. The maximum atomic E-state index is 12.8. The van der Waals surface area contributed by atoms with Crippen molar-refractivity contribution >= 4 is 27.6 Å². The minimum atomic E-state index is -4.23. The Bertz CT molecular complexity index is 1690. The number of aromatic nitrogens is 2. The van der Waals surface area contributed by atoms with Gasteiger partial charge in [-0.05, 0) is 82.5 Å². The van der Waals surface area contributed by atoms with Crippen molar-refractivity contribution < 1.29 is 32.2 Å². The second-order valence-corrected chi connectivity index (χ2v) is 13.3. The zero-order chi connectivity index (χ0) is 32.7.